The Kier molecular flexibility index (Phi) is 3.30. The smallest absolute Gasteiger partial charge is 0.229 e. The summed E-state index contributed by atoms with van der Waals surface area (Å²) in [7, 11) is 0. The van der Waals surface area contributed by atoms with Gasteiger partial charge in [0.15, 0.2) is 5.15 Å². The van der Waals surface area contributed by atoms with E-state index >= 15 is 0 Å². The third kappa shape index (κ3) is 2.27. The Morgan fingerprint density at radius 1 is 1.56 bits per heavy atom. The van der Waals surface area contributed by atoms with Crippen molar-refractivity contribution >= 4 is 39.1 Å². The molecule has 2 saturated heterocycles. The molecule has 0 saturated carbocycles. The van der Waals surface area contributed by atoms with E-state index in [9.17, 15) is 4.79 Å². The molecule has 4 nitrogen and oxygen atoms in total. The van der Waals surface area contributed by atoms with Gasteiger partial charge in [-0.3, -0.25) is 4.79 Å². The second-order valence-corrected chi connectivity index (χ2v) is 6.14. The molecule has 3 atom stereocenters. The summed E-state index contributed by atoms with van der Waals surface area (Å²) >= 11 is 9.28. The monoisotopic (exact) mass is 329 g/mol. The lowest BCUT2D eigenvalue weighted by molar-refractivity contribution is -0.120. The molecule has 1 aromatic heterocycles. The number of amides is 1. The maximum Gasteiger partial charge on any atom is 0.229 e. The van der Waals surface area contributed by atoms with Crippen LogP contribution in [0.25, 0.3) is 0 Å². The number of carbonyl (C=O) groups excluding carboxylic acids is 1. The SMILES string of the molecule is O=C(Nc1cc(Br)cnc1Cl)C1CC2CCC1N2. The van der Waals surface area contributed by atoms with Crippen LogP contribution < -0.4 is 10.6 Å². The molecular weight excluding hydrogens is 318 g/mol. The van der Waals surface area contributed by atoms with E-state index in [2.05, 4.69) is 31.5 Å². The summed E-state index contributed by atoms with van der Waals surface area (Å²) in [5.74, 6) is 0.0929. The van der Waals surface area contributed by atoms with Crippen molar-refractivity contribution in [1.82, 2.24) is 10.3 Å². The number of carbonyl (C=O) groups is 1. The van der Waals surface area contributed by atoms with Crippen LogP contribution in [0.3, 0.4) is 0 Å². The van der Waals surface area contributed by atoms with Gasteiger partial charge in [-0.2, -0.15) is 0 Å². The van der Waals surface area contributed by atoms with Crippen LogP contribution in [-0.4, -0.2) is 23.0 Å². The Labute approximate surface area is 119 Å². The lowest BCUT2D eigenvalue weighted by Gasteiger charge is -2.19. The third-order valence-corrected chi connectivity index (χ3v) is 4.44. The van der Waals surface area contributed by atoms with Crippen molar-refractivity contribution in [2.45, 2.75) is 31.3 Å². The predicted molar refractivity (Wildman–Crippen MR) is 73.6 cm³/mol. The third-order valence-electron chi connectivity index (χ3n) is 3.70. The Morgan fingerprint density at radius 3 is 3.06 bits per heavy atom. The molecule has 2 fully saturated rings. The van der Waals surface area contributed by atoms with E-state index in [0.717, 1.165) is 17.3 Å². The normalized spacial score (nSPS) is 29.6. The summed E-state index contributed by atoms with van der Waals surface area (Å²) in [6.07, 6.45) is 4.81. The van der Waals surface area contributed by atoms with E-state index < -0.39 is 0 Å². The minimum Gasteiger partial charge on any atom is -0.323 e. The Balaban J connectivity index is 1.72. The molecule has 0 aliphatic carbocycles. The summed E-state index contributed by atoms with van der Waals surface area (Å²) in [4.78, 5) is 16.2. The van der Waals surface area contributed by atoms with E-state index in [4.69, 9.17) is 11.6 Å². The molecule has 2 N–H and O–H groups in total. The molecule has 0 radical (unpaired) electrons. The maximum atomic E-state index is 12.2. The number of hydrogen-bond acceptors (Lipinski definition) is 3. The van der Waals surface area contributed by atoms with E-state index in [0.29, 0.717) is 22.9 Å². The highest BCUT2D eigenvalue weighted by molar-refractivity contribution is 9.10. The largest absolute Gasteiger partial charge is 0.323 e. The quantitative estimate of drug-likeness (QED) is 0.820. The number of fused-ring (bicyclic) bond motifs is 2. The van der Waals surface area contributed by atoms with Crippen molar-refractivity contribution in [3.8, 4) is 0 Å². The molecule has 2 aliphatic heterocycles. The summed E-state index contributed by atoms with van der Waals surface area (Å²) < 4.78 is 0.799. The fraction of sp³-hybridized carbons (Fsp3) is 0.500. The summed E-state index contributed by atoms with van der Waals surface area (Å²) in [6.45, 7) is 0. The van der Waals surface area contributed by atoms with Gasteiger partial charge in [0.25, 0.3) is 0 Å². The first-order valence-electron chi connectivity index (χ1n) is 6.01. The van der Waals surface area contributed by atoms with Crippen molar-refractivity contribution in [1.29, 1.82) is 0 Å². The molecule has 2 bridgehead atoms. The Morgan fingerprint density at radius 2 is 2.39 bits per heavy atom. The molecule has 96 valence electrons. The summed E-state index contributed by atoms with van der Waals surface area (Å²) in [5.41, 5.74) is 0.568. The van der Waals surface area contributed by atoms with Crippen LogP contribution in [0.1, 0.15) is 19.3 Å². The number of rotatable bonds is 2. The number of aromatic nitrogens is 1. The average molecular weight is 331 g/mol. The second kappa shape index (κ2) is 4.79. The fourth-order valence-electron chi connectivity index (χ4n) is 2.85. The Bertz CT molecular complexity index is 496. The molecule has 3 unspecified atom stereocenters. The van der Waals surface area contributed by atoms with Crippen LogP contribution in [-0.2, 0) is 4.79 Å². The van der Waals surface area contributed by atoms with Crippen LogP contribution in [0, 0.1) is 5.92 Å². The molecule has 0 spiro atoms. The zero-order valence-corrected chi connectivity index (χ0v) is 12.0. The molecule has 18 heavy (non-hydrogen) atoms. The van der Waals surface area contributed by atoms with Gasteiger partial charge in [0.05, 0.1) is 11.6 Å². The van der Waals surface area contributed by atoms with Gasteiger partial charge in [0.1, 0.15) is 0 Å². The number of nitrogens with one attached hydrogen (secondary N) is 2. The van der Waals surface area contributed by atoms with Crippen molar-refractivity contribution in [2.75, 3.05) is 5.32 Å². The molecule has 2 aliphatic rings. The van der Waals surface area contributed by atoms with Crippen molar-refractivity contribution in [2.24, 2.45) is 5.92 Å². The van der Waals surface area contributed by atoms with Gasteiger partial charge in [-0.15, -0.1) is 0 Å². The van der Waals surface area contributed by atoms with Crippen LogP contribution >= 0.6 is 27.5 Å². The molecule has 3 rings (SSSR count). The van der Waals surface area contributed by atoms with Gasteiger partial charge < -0.3 is 10.6 Å². The second-order valence-electron chi connectivity index (χ2n) is 4.87. The van der Waals surface area contributed by atoms with Crippen molar-refractivity contribution in [3.63, 3.8) is 0 Å². The molecular formula is C12H13BrClN3O. The topological polar surface area (TPSA) is 54.0 Å². The van der Waals surface area contributed by atoms with Crippen LogP contribution in [0.5, 0.6) is 0 Å². The zero-order valence-electron chi connectivity index (χ0n) is 9.62. The molecule has 3 heterocycles. The van der Waals surface area contributed by atoms with Crippen molar-refractivity contribution in [3.05, 3.63) is 21.9 Å². The lowest BCUT2D eigenvalue weighted by Crippen LogP contribution is -2.32. The van der Waals surface area contributed by atoms with Crippen molar-refractivity contribution < 1.29 is 4.79 Å². The maximum absolute atomic E-state index is 12.2. The highest BCUT2D eigenvalue weighted by Gasteiger charge is 2.42. The number of halogens is 2. The molecule has 6 heteroatoms. The van der Waals surface area contributed by atoms with Crippen LogP contribution in [0.15, 0.2) is 16.7 Å². The first-order chi connectivity index (χ1) is 8.63. The Hall–Kier alpha value is -0.650. The zero-order chi connectivity index (χ0) is 12.7. The van der Waals surface area contributed by atoms with Gasteiger partial charge in [-0.1, -0.05) is 11.6 Å². The van der Waals surface area contributed by atoms with Crippen LogP contribution in [0.4, 0.5) is 5.69 Å². The van der Waals surface area contributed by atoms with E-state index in [1.54, 1.807) is 12.3 Å². The molecule has 1 amide bonds. The first-order valence-corrected chi connectivity index (χ1v) is 7.18. The van der Waals surface area contributed by atoms with E-state index in [-0.39, 0.29) is 11.8 Å². The van der Waals surface area contributed by atoms with Gasteiger partial charge in [0, 0.05) is 22.8 Å². The standard InChI is InChI=1S/C12H13BrClN3O/c13-6-3-10(11(14)15-5-6)17-12(18)8-4-7-1-2-9(8)16-7/h3,5,7-9,16H,1-2,4H2,(H,17,18). The van der Waals surface area contributed by atoms with Gasteiger partial charge in [-0.25, -0.2) is 4.98 Å². The lowest BCUT2D eigenvalue weighted by atomic mass is 9.88. The van der Waals surface area contributed by atoms with Crippen LogP contribution in [0.2, 0.25) is 5.15 Å². The molecule has 1 aromatic rings. The fourth-order valence-corrected chi connectivity index (χ4v) is 3.33. The number of pyridine rings is 1. The highest BCUT2D eigenvalue weighted by atomic mass is 79.9. The van der Waals surface area contributed by atoms with E-state index in [1.807, 2.05) is 0 Å². The van der Waals surface area contributed by atoms with Gasteiger partial charge in [0.2, 0.25) is 5.91 Å². The number of nitrogens with zero attached hydrogens (tertiary/aromatic N) is 1. The van der Waals surface area contributed by atoms with E-state index in [1.165, 1.54) is 6.42 Å². The minimum atomic E-state index is 0.0384. The van der Waals surface area contributed by atoms with Gasteiger partial charge in [-0.05, 0) is 41.3 Å². The predicted octanol–water partition coefficient (Wildman–Crippen LogP) is 2.58. The molecule has 0 aromatic carbocycles. The average Bonchev–Trinajstić information content (AvgIpc) is 2.96. The minimum absolute atomic E-state index is 0.0384. The highest BCUT2D eigenvalue weighted by Crippen LogP contribution is 2.34. The first kappa shape index (κ1) is 12.4. The summed E-state index contributed by atoms with van der Waals surface area (Å²) in [6, 6.07) is 2.61. The van der Waals surface area contributed by atoms with Gasteiger partial charge >= 0.3 is 0 Å². The number of hydrogen-bond donors (Lipinski definition) is 2. The summed E-state index contributed by atoms with van der Waals surface area (Å²) in [5, 5.41) is 6.65. The number of anilines is 1.